The van der Waals surface area contributed by atoms with E-state index in [-0.39, 0.29) is 5.56 Å². The van der Waals surface area contributed by atoms with Gasteiger partial charge in [0.05, 0.1) is 5.56 Å². The summed E-state index contributed by atoms with van der Waals surface area (Å²) in [7, 11) is 0. The molecule has 0 aliphatic heterocycles. The average molecular weight is 289 g/mol. The quantitative estimate of drug-likeness (QED) is 0.557. The van der Waals surface area contributed by atoms with Gasteiger partial charge in [-0.1, -0.05) is 11.6 Å². The Bertz CT molecular complexity index is 826. The van der Waals surface area contributed by atoms with E-state index < -0.39 is 11.6 Å². The molecule has 0 bridgehead atoms. The highest BCUT2D eigenvalue weighted by molar-refractivity contribution is 6.31. The lowest BCUT2D eigenvalue weighted by atomic mass is 10.0. The first kappa shape index (κ1) is 12.7. The number of nitrogens with two attached hydrogens (primary N) is 1. The van der Waals surface area contributed by atoms with Gasteiger partial charge in [0.1, 0.15) is 5.82 Å². The van der Waals surface area contributed by atoms with Crippen LogP contribution in [0.3, 0.4) is 0 Å². The first-order valence-electron chi connectivity index (χ1n) is 5.92. The van der Waals surface area contributed by atoms with Crippen molar-refractivity contribution in [3.05, 3.63) is 64.6 Å². The molecule has 0 saturated heterocycles. The molecule has 0 amide bonds. The Morgan fingerprint density at radius 1 is 1.15 bits per heavy atom. The van der Waals surface area contributed by atoms with Crippen LogP contribution in [0, 0.1) is 5.82 Å². The summed E-state index contributed by atoms with van der Waals surface area (Å²) in [6.45, 7) is 0. The molecule has 0 fully saturated rings. The minimum Gasteiger partial charge on any atom is -0.399 e. The highest BCUT2D eigenvalue weighted by Gasteiger charge is 2.18. The van der Waals surface area contributed by atoms with Crippen LogP contribution < -0.4 is 5.73 Å². The number of H-pyrrole nitrogens is 1. The molecule has 20 heavy (non-hydrogen) atoms. The predicted octanol–water partition coefficient (Wildman–Crippen LogP) is 3.77. The number of hydrogen-bond donors (Lipinski definition) is 2. The maximum atomic E-state index is 13.8. The Labute approximate surface area is 119 Å². The van der Waals surface area contributed by atoms with Crippen LogP contribution in [0.1, 0.15) is 15.9 Å². The van der Waals surface area contributed by atoms with Crippen molar-refractivity contribution in [1.29, 1.82) is 0 Å². The Hall–Kier alpha value is -2.33. The van der Waals surface area contributed by atoms with E-state index in [2.05, 4.69) is 4.98 Å². The fourth-order valence-corrected chi connectivity index (χ4v) is 2.31. The van der Waals surface area contributed by atoms with Crippen LogP contribution in [0.4, 0.5) is 10.1 Å². The Morgan fingerprint density at radius 2 is 1.95 bits per heavy atom. The summed E-state index contributed by atoms with van der Waals surface area (Å²) in [5, 5.41) is 1.17. The van der Waals surface area contributed by atoms with Crippen molar-refractivity contribution in [2.24, 2.45) is 0 Å². The summed E-state index contributed by atoms with van der Waals surface area (Å²) >= 11 is 5.94. The molecule has 3 N–H and O–H groups in total. The van der Waals surface area contributed by atoms with E-state index >= 15 is 0 Å². The number of rotatable bonds is 2. The molecule has 0 saturated carbocycles. The summed E-state index contributed by atoms with van der Waals surface area (Å²) in [5.74, 6) is -1.02. The molecule has 0 aliphatic carbocycles. The summed E-state index contributed by atoms with van der Waals surface area (Å²) in [6, 6.07) is 9.09. The molecule has 0 spiro atoms. The predicted molar refractivity (Wildman–Crippen MR) is 77.6 cm³/mol. The lowest BCUT2D eigenvalue weighted by Crippen LogP contribution is -2.04. The van der Waals surface area contributed by atoms with Gasteiger partial charge < -0.3 is 10.7 Å². The van der Waals surface area contributed by atoms with Gasteiger partial charge in [0.25, 0.3) is 0 Å². The van der Waals surface area contributed by atoms with E-state index in [0.29, 0.717) is 21.7 Å². The third kappa shape index (κ3) is 2.04. The van der Waals surface area contributed by atoms with Crippen LogP contribution in [0.5, 0.6) is 0 Å². The number of carbonyl (C=O) groups is 1. The number of aromatic nitrogens is 1. The normalized spacial score (nSPS) is 10.9. The van der Waals surface area contributed by atoms with E-state index in [1.807, 2.05) is 0 Å². The van der Waals surface area contributed by atoms with Gasteiger partial charge >= 0.3 is 0 Å². The van der Waals surface area contributed by atoms with E-state index in [0.717, 1.165) is 5.52 Å². The van der Waals surface area contributed by atoms with E-state index in [1.54, 1.807) is 24.4 Å². The fraction of sp³-hybridized carbons (Fsp3) is 0. The number of carbonyl (C=O) groups excluding carboxylic acids is 1. The second-order valence-corrected chi connectivity index (χ2v) is 4.90. The molecule has 5 heteroatoms. The van der Waals surface area contributed by atoms with Crippen LogP contribution in [0.25, 0.3) is 10.9 Å². The minimum atomic E-state index is -0.597. The van der Waals surface area contributed by atoms with Gasteiger partial charge in [0, 0.05) is 33.4 Å². The van der Waals surface area contributed by atoms with Crippen LogP contribution >= 0.6 is 11.6 Å². The van der Waals surface area contributed by atoms with Gasteiger partial charge in [-0.25, -0.2) is 4.39 Å². The van der Waals surface area contributed by atoms with Crippen molar-refractivity contribution in [1.82, 2.24) is 4.98 Å². The maximum absolute atomic E-state index is 13.8. The van der Waals surface area contributed by atoms with Gasteiger partial charge in [-0.3, -0.25) is 4.79 Å². The average Bonchev–Trinajstić information content (AvgIpc) is 2.83. The van der Waals surface area contributed by atoms with Crippen LogP contribution in [-0.2, 0) is 0 Å². The zero-order chi connectivity index (χ0) is 14.3. The van der Waals surface area contributed by atoms with Gasteiger partial charge in [-0.15, -0.1) is 0 Å². The third-order valence-electron chi connectivity index (χ3n) is 3.12. The molecule has 0 radical (unpaired) electrons. The molecule has 3 nitrogen and oxygen atoms in total. The number of nitrogen functional groups attached to an aromatic ring is 1. The largest absolute Gasteiger partial charge is 0.399 e. The minimum absolute atomic E-state index is 0.0501. The molecule has 3 rings (SSSR count). The summed E-state index contributed by atoms with van der Waals surface area (Å²) in [5.41, 5.74) is 7.03. The van der Waals surface area contributed by atoms with E-state index in [1.165, 1.54) is 18.2 Å². The molecule has 2 aromatic carbocycles. The van der Waals surface area contributed by atoms with Crippen LogP contribution in [-0.4, -0.2) is 10.8 Å². The molecule has 1 aromatic heterocycles. The summed E-state index contributed by atoms with van der Waals surface area (Å²) < 4.78 is 13.8. The van der Waals surface area contributed by atoms with Crippen molar-refractivity contribution >= 4 is 34.0 Å². The molecule has 0 aliphatic rings. The number of nitrogens with one attached hydrogen (secondary N) is 1. The lowest BCUT2D eigenvalue weighted by molar-refractivity contribution is 0.103. The molecule has 100 valence electrons. The molecule has 0 unspecified atom stereocenters. The molecule has 3 aromatic rings. The fourth-order valence-electron chi connectivity index (χ4n) is 2.14. The zero-order valence-corrected chi connectivity index (χ0v) is 11.0. The summed E-state index contributed by atoms with van der Waals surface area (Å²) in [4.78, 5) is 15.4. The standard InChI is InChI=1S/C15H10ClFN2O/c16-8-1-4-14-10(5-8)12(7-19-14)15(20)11-6-9(18)2-3-13(11)17/h1-7,19H,18H2. The lowest BCUT2D eigenvalue weighted by Gasteiger charge is -2.03. The van der Waals surface area contributed by atoms with Gasteiger partial charge in [0.15, 0.2) is 5.78 Å². The third-order valence-corrected chi connectivity index (χ3v) is 3.36. The molecule has 1 heterocycles. The van der Waals surface area contributed by atoms with Gasteiger partial charge in [0.2, 0.25) is 0 Å². The zero-order valence-electron chi connectivity index (χ0n) is 10.3. The van der Waals surface area contributed by atoms with Crippen molar-refractivity contribution in [2.75, 3.05) is 5.73 Å². The number of ketones is 1. The Kier molecular flexibility index (Phi) is 2.95. The monoisotopic (exact) mass is 288 g/mol. The van der Waals surface area contributed by atoms with Gasteiger partial charge in [-0.05, 0) is 36.4 Å². The highest BCUT2D eigenvalue weighted by atomic mass is 35.5. The second-order valence-electron chi connectivity index (χ2n) is 4.46. The van der Waals surface area contributed by atoms with Crippen molar-refractivity contribution in [3.63, 3.8) is 0 Å². The SMILES string of the molecule is Nc1ccc(F)c(C(=O)c2c[nH]c3ccc(Cl)cc23)c1. The van der Waals surface area contributed by atoms with Crippen LogP contribution in [0.2, 0.25) is 5.02 Å². The highest BCUT2D eigenvalue weighted by Crippen LogP contribution is 2.25. The Balaban J connectivity index is 2.17. The molecule has 0 atom stereocenters. The van der Waals surface area contributed by atoms with Gasteiger partial charge in [-0.2, -0.15) is 0 Å². The van der Waals surface area contributed by atoms with Crippen LogP contribution in [0.15, 0.2) is 42.6 Å². The molecular formula is C15H10ClFN2O. The first-order chi connectivity index (χ1) is 9.56. The van der Waals surface area contributed by atoms with Crippen molar-refractivity contribution in [3.8, 4) is 0 Å². The second kappa shape index (κ2) is 4.65. The Morgan fingerprint density at radius 3 is 2.75 bits per heavy atom. The number of halogens is 2. The van der Waals surface area contributed by atoms with Crippen molar-refractivity contribution in [2.45, 2.75) is 0 Å². The smallest absolute Gasteiger partial charge is 0.198 e. The topological polar surface area (TPSA) is 58.9 Å². The number of fused-ring (bicyclic) bond motifs is 1. The molecular weight excluding hydrogens is 279 g/mol. The van der Waals surface area contributed by atoms with Crippen molar-refractivity contribution < 1.29 is 9.18 Å². The number of hydrogen-bond acceptors (Lipinski definition) is 2. The number of benzene rings is 2. The maximum Gasteiger partial charge on any atom is 0.198 e. The summed E-state index contributed by atoms with van der Waals surface area (Å²) in [6.07, 6.45) is 1.55. The number of anilines is 1. The van der Waals surface area contributed by atoms with E-state index in [9.17, 15) is 9.18 Å². The van der Waals surface area contributed by atoms with E-state index in [4.69, 9.17) is 17.3 Å². The number of aromatic amines is 1. The first-order valence-corrected chi connectivity index (χ1v) is 6.30.